The number of nitrogens with zero attached hydrogens (tertiary/aromatic N) is 3. The Morgan fingerprint density at radius 3 is 2.52 bits per heavy atom. The van der Waals surface area contributed by atoms with Crippen molar-refractivity contribution < 1.29 is 17.6 Å². The molecule has 0 saturated carbocycles. The molecule has 33 heavy (non-hydrogen) atoms. The number of benzene rings is 2. The molecule has 4 aromatic rings. The maximum atomic E-state index is 12.7. The Kier molecular flexibility index (Phi) is 6.52. The van der Waals surface area contributed by atoms with Crippen LogP contribution in [-0.2, 0) is 22.3 Å². The molecule has 2 heterocycles. The van der Waals surface area contributed by atoms with E-state index in [0.29, 0.717) is 38.8 Å². The lowest BCUT2D eigenvalue weighted by Gasteiger charge is -2.11. The molecule has 0 saturated heterocycles. The van der Waals surface area contributed by atoms with E-state index in [1.807, 2.05) is 6.07 Å². The fraction of sp³-hybridized carbons (Fsp3) is 0.182. The Bertz CT molecular complexity index is 1380. The minimum absolute atomic E-state index is 0.146. The maximum Gasteiger partial charge on any atom is 0.265 e. The maximum absolute atomic E-state index is 12.7. The SMILES string of the molecule is Cc1nnsc1C(=O)NCc1nc(-c2ccccc2NS(=O)(=O)Cc2ccccc2)oc1C. The molecule has 0 bridgehead atoms. The number of nitrogens with one attached hydrogen (secondary N) is 2. The zero-order chi connectivity index (χ0) is 23.4. The number of carbonyl (C=O) groups excluding carboxylic acids is 1. The van der Waals surface area contributed by atoms with Crippen LogP contribution < -0.4 is 10.0 Å². The highest BCUT2D eigenvalue weighted by atomic mass is 32.2. The number of rotatable bonds is 8. The number of anilines is 1. The average molecular weight is 484 g/mol. The van der Waals surface area contributed by atoms with E-state index in [4.69, 9.17) is 4.42 Å². The number of oxazole rings is 1. The molecule has 2 aromatic heterocycles. The largest absolute Gasteiger partial charge is 0.441 e. The summed E-state index contributed by atoms with van der Waals surface area (Å²) in [6.45, 7) is 3.60. The molecule has 4 rings (SSSR count). The predicted molar refractivity (Wildman–Crippen MR) is 125 cm³/mol. The van der Waals surface area contributed by atoms with E-state index >= 15 is 0 Å². The summed E-state index contributed by atoms with van der Waals surface area (Å²) in [6.07, 6.45) is 0. The van der Waals surface area contributed by atoms with Gasteiger partial charge < -0.3 is 9.73 Å². The van der Waals surface area contributed by atoms with E-state index in [1.165, 1.54) is 0 Å². The van der Waals surface area contributed by atoms with Gasteiger partial charge in [0.05, 0.1) is 29.2 Å². The summed E-state index contributed by atoms with van der Waals surface area (Å²) in [7, 11) is -3.66. The first-order valence-electron chi connectivity index (χ1n) is 9.99. The Balaban J connectivity index is 1.52. The molecule has 11 heteroatoms. The van der Waals surface area contributed by atoms with Crippen molar-refractivity contribution in [1.82, 2.24) is 19.9 Å². The van der Waals surface area contributed by atoms with Crippen molar-refractivity contribution >= 4 is 33.2 Å². The van der Waals surface area contributed by atoms with E-state index in [-0.39, 0.29) is 24.1 Å². The second-order valence-electron chi connectivity index (χ2n) is 7.28. The molecule has 0 unspecified atom stereocenters. The van der Waals surface area contributed by atoms with Crippen LogP contribution in [0.15, 0.2) is 59.0 Å². The molecular weight excluding hydrogens is 462 g/mol. The van der Waals surface area contributed by atoms with E-state index in [0.717, 1.165) is 11.5 Å². The zero-order valence-electron chi connectivity index (χ0n) is 17.9. The van der Waals surface area contributed by atoms with Crippen LogP contribution in [0.25, 0.3) is 11.5 Å². The van der Waals surface area contributed by atoms with Gasteiger partial charge in [-0.1, -0.05) is 47.0 Å². The molecule has 170 valence electrons. The van der Waals surface area contributed by atoms with Gasteiger partial charge in [-0.05, 0) is 43.1 Å². The highest BCUT2D eigenvalue weighted by Gasteiger charge is 2.20. The third-order valence-corrected chi connectivity index (χ3v) is 6.86. The zero-order valence-corrected chi connectivity index (χ0v) is 19.5. The molecule has 0 aliphatic carbocycles. The minimum atomic E-state index is -3.66. The molecule has 9 nitrogen and oxygen atoms in total. The summed E-state index contributed by atoms with van der Waals surface area (Å²) in [5, 5.41) is 6.62. The standard InChI is InChI=1S/C22H21N5O4S2/c1-14-20(32-27-25-14)21(28)23-12-19-15(2)31-22(24-19)17-10-6-7-11-18(17)26-33(29,30)13-16-8-4-3-5-9-16/h3-11,26H,12-13H2,1-2H3,(H,23,28). The molecule has 0 fully saturated rings. The van der Waals surface area contributed by atoms with Crippen LogP contribution in [0, 0.1) is 13.8 Å². The summed E-state index contributed by atoms with van der Waals surface area (Å²) in [5.41, 5.74) is 2.63. The van der Waals surface area contributed by atoms with Crippen molar-refractivity contribution in [2.45, 2.75) is 26.1 Å². The van der Waals surface area contributed by atoms with Gasteiger partial charge in [-0.15, -0.1) is 5.10 Å². The van der Waals surface area contributed by atoms with Crippen molar-refractivity contribution in [3.05, 3.63) is 82.2 Å². The van der Waals surface area contributed by atoms with Crippen LogP contribution in [0.2, 0.25) is 0 Å². The van der Waals surface area contributed by atoms with Gasteiger partial charge in [0, 0.05) is 0 Å². The first-order chi connectivity index (χ1) is 15.8. The number of para-hydroxylation sites is 1. The summed E-state index contributed by atoms with van der Waals surface area (Å²) < 4.78 is 37.6. The lowest BCUT2D eigenvalue weighted by molar-refractivity contribution is 0.0953. The van der Waals surface area contributed by atoms with E-state index < -0.39 is 10.0 Å². The van der Waals surface area contributed by atoms with Crippen LogP contribution in [0.1, 0.15) is 32.4 Å². The fourth-order valence-electron chi connectivity index (χ4n) is 3.15. The van der Waals surface area contributed by atoms with Crippen LogP contribution in [0.4, 0.5) is 5.69 Å². The molecule has 2 N–H and O–H groups in total. The average Bonchev–Trinajstić information content (AvgIpc) is 3.37. The second kappa shape index (κ2) is 9.51. The predicted octanol–water partition coefficient (Wildman–Crippen LogP) is 3.68. The molecule has 1 amide bonds. The fourth-order valence-corrected chi connectivity index (χ4v) is 4.94. The number of carbonyl (C=O) groups is 1. The number of amides is 1. The molecule has 0 radical (unpaired) electrons. The first-order valence-corrected chi connectivity index (χ1v) is 12.4. The van der Waals surface area contributed by atoms with Gasteiger partial charge in [-0.3, -0.25) is 9.52 Å². The summed E-state index contributed by atoms with van der Waals surface area (Å²) in [6, 6.07) is 15.8. The van der Waals surface area contributed by atoms with Gasteiger partial charge in [0.1, 0.15) is 16.3 Å². The van der Waals surface area contributed by atoms with Crippen LogP contribution in [0.5, 0.6) is 0 Å². The van der Waals surface area contributed by atoms with Crippen molar-refractivity contribution in [2.75, 3.05) is 4.72 Å². The smallest absolute Gasteiger partial charge is 0.265 e. The molecular formula is C22H21N5O4S2. The molecule has 0 atom stereocenters. The minimum Gasteiger partial charge on any atom is -0.441 e. The summed E-state index contributed by atoms with van der Waals surface area (Å²) in [4.78, 5) is 17.3. The molecule has 0 aliphatic heterocycles. The summed E-state index contributed by atoms with van der Waals surface area (Å²) in [5.74, 6) is 0.327. The van der Waals surface area contributed by atoms with Gasteiger partial charge >= 0.3 is 0 Å². The highest BCUT2D eigenvalue weighted by Crippen LogP contribution is 2.30. The Labute approximate surface area is 195 Å². The van der Waals surface area contributed by atoms with Crippen molar-refractivity contribution in [3.63, 3.8) is 0 Å². The molecule has 0 spiro atoms. The van der Waals surface area contributed by atoms with E-state index in [1.54, 1.807) is 62.4 Å². The lowest BCUT2D eigenvalue weighted by Crippen LogP contribution is -2.23. The van der Waals surface area contributed by atoms with Gasteiger partial charge in [-0.25, -0.2) is 13.4 Å². The Hall–Kier alpha value is -3.57. The normalized spacial score (nSPS) is 11.3. The lowest BCUT2D eigenvalue weighted by atomic mass is 10.2. The number of aryl methyl sites for hydroxylation is 2. The second-order valence-corrected chi connectivity index (χ2v) is 9.76. The van der Waals surface area contributed by atoms with Crippen LogP contribution >= 0.6 is 11.5 Å². The van der Waals surface area contributed by atoms with Gasteiger partial charge in [0.25, 0.3) is 5.91 Å². The Morgan fingerprint density at radius 2 is 1.79 bits per heavy atom. The van der Waals surface area contributed by atoms with Gasteiger partial charge in [0.15, 0.2) is 0 Å². The Morgan fingerprint density at radius 1 is 1.06 bits per heavy atom. The highest BCUT2D eigenvalue weighted by molar-refractivity contribution is 7.91. The number of sulfonamides is 1. The van der Waals surface area contributed by atoms with Crippen molar-refractivity contribution in [3.8, 4) is 11.5 Å². The molecule has 2 aromatic carbocycles. The third kappa shape index (κ3) is 5.44. The third-order valence-electron chi connectivity index (χ3n) is 4.79. The quantitative estimate of drug-likeness (QED) is 0.391. The van der Waals surface area contributed by atoms with Crippen LogP contribution in [-0.4, -0.2) is 28.9 Å². The monoisotopic (exact) mass is 483 g/mol. The number of aromatic nitrogens is 3. The topological polar surface area (TPSA) is 127 Å². The van der Waals surface area contributed by atoms with E-state index in [2.05, 4.69) is 24.6 Å². The first kappa shape index (κ1) is 22.6. The number of hydrogen-bond donors (Lipinski definition) is 2. The van der Waals surface area contributed by atoms with Crippen LogP contribution in [0.3, 0.4) is 0 Å². The van der Waals surface area contributed by atoms with E-state index in [9.17, 15) is 13.2 Å². The van der Waals surface area contributed by atoms with Crippen molar-refractivity contribution in [1.29, 1.82) is 0 Å². The van der Waals surface area contributed by atoms with Crippen molar-refractivity contribution in [2.24, 2.45) is 0 Å². The summed E-state index contributed by atoms with van der Waals surface area (Å²) >= 11 is 1.02. The van der Waals surface area contributed by atoms with Gasteiger partial charge in [-0.2, -0.15) is 0 Å². The number of hydrogen-bond acceptors (Lipinski definition) is 8. The van der Waals surface area contributed by atoms with Gasteiger partial charge in [0.2, 0.25) is 15.9 Å². The molecule has 0 aliphatic rings.